The fourth-order valence-electron chi connectivity index (χ4n) is 2.31. The van der Waals surface area contributed by atoms with Crippen molar-refractivity contribution in [3.8, 4) is 0 Å². The summed E-state index contributed by atoms with van der Waals surface area (Å²) in [5, 5.41) is 1.60. The highest BCUT2D eigenvalue weighted by Gasteiger charge is 2.22. The Hall–Kier alpha value is -0.273. The lowest BCUT2D eigenvalue weighted by Crippen LogP contribution is -2.40. The minimum atomic E-state index is -1.20. The highest BCUT2D eigenvalue weighted by Crippen LogP contribution is 2.15. The summed E-state index contributed by atoms with van der Waals surface area (Å²) < 4.78 is 0. The van der Waals surface area contributed by atoms with E-state index >= 15 is 0 Å². The Kier molecular flexibility index (Phi) is 6.44. The van der Waals surface area contributed by atoms with E-state index in [2.05, 4.69) is 51.2 Å². The van der Waals surface area contributed by atoms with Gasteiger partial charge in [-0.1, -0.05) is 75.3 Å². The smallest absolute Gasteiger partial charge is 0.0806 e. The van der Waals surface area contributed by atoms with E-state index in [1.165, 1.54) is 24.4 Å². The molecule has 102 valence electrons. The van der Waals surface area contributed by atoms with Gasteiger partial charge in [-0.3, -0.25) is 0 Å². The zero-order chi connectivity index (χ0) is 13.6. The summed E-state index contributed by atoms with van der Waals surface area (Å²) in [5.74, 6) is 1.32. The van der Waals surface area contributed by atoms with Crippen molar-refractivity contribution in [1.29, 1.82) is 0 Å². The molecule has 0 aliphatic rings. The van der Waals surface area contributed by atoms with Crippen molar-refractivity contribution in [2.75, 3.05) is 5.88 Å². The van der Waals surface area contributed by atoms with Gasteiger partial charge in [-0.2, -0.15) is 0 Å². The van der Waals surface area contributed by atoms with E-state index in [9.17, 15) is 0 Å². The van der Waals surface area contributed by atoms with Gasteiger partial charge in [-0.25, -0.2) is 0 Å². The second kappa shape index (κ2) is 7.35. The Morgan fingerprint density at radius 3 is 2.28 bits per heavy atom. The zero-order valence-corrected chi connectivity index (χ0v) is 14.1. The standard InChI is InChI=1S/C16H27ClSi/c1-5-6-11-18(3,4)16-9-7-15(8-10-16)12-14(2)13-17/h7-10,14H,5-6,11-13H2,1-4H3. The van der Waals surface area contributed by atoms with Crippen LogP contribution in [0.5, 0.6) is 0 Å². The molecular formula is C16H27ClSi. The lowest BCUT2D eigenvalue weighted by Gasteiger charge is -2.23. The molecule has 18 heavy (non-hydrogen) atoms. The topological polar surface area (TPSA) is 0 Å². The largest absolute Gasteiger partial charge is 0.126 e. The van der Waals surface area contributed by atoms with Gasteiger partial charge in [-0.15, -0.1) is 11.6 Å². The van der Waals surface area contributed by atoms with Crippen LogP contribution in [0, 0.1) is 5.92 Å². The molecule has 2 heteroatoms. The third-order valence-electron chi connectivity index (χ3n) is 3.74. The second-order valence-electron chi connectivity index (χ2n) is 6.15. The summed E-state index contributed by atoms with van der Waals surface area (Å²) in [6.45, 7) is 9.46. The van der Waals surface area contributed by atoms with Gasteiger partial charge in [0.25, 0.3) is 0 Å². The van der Waals surface area contributed by atoms with Gasteiger partial charge >= 0.3 is 0 Å². The molecule has 0 N–H and O–H groups in total. The van der Waals surface area contributed by atoms with Crippen molar-refractivity contribution < 1.29 is 0 Å². The quantitative estimate of drug-likeness (QED) is 0.497. The van der Waals surface area contributed by atoms with Gasteiger partial charge in [0.2, 0.25) is 0 Å². The molecule has 1 aromatic carbocycles. The molecule has 0 aliphatic carbocycles. The summed E-state index contributed by atoms with van der Waals surface area (Å²) in [5.41, 5.74) is 1.42. The van der Waals surface area contributed by atoms with E-state index in [4.69, 9.17) is 11.6 Å². The first-order valence-electron chi connectivity index (χ1n) is 7.15. The fraction of sp³-hybridized carbons (Fsp3) is 0.625. The first kappa shape index (κ1) is 15.8. The number of rotatable bonds is 7. The van der Waals surface area contributed by atoms with Crippen molar-refractivity contribution in [2.24, 2.45) is 5.92 Å². The molecule has 1 aromatic rings. The van der Waals surface area contributed by atoms with E-state index in [-0.39, 0.29) is 0 Å². The molecule has 0 aliphatic heterocycles. The normalized spacial score (nSPS) is 13.6. The van der Waals surface area contributed by atoms with Crippen LogP contribution in [0.4, 0.5) is 0 Å². The molecule has 0 radical (unpaired) electrons. The number of benzene rings is 1. The second-order valence-corrected chi connectivity index (χ2v) is 11.3. The van der Waals surface area contributed by atoms with Crippen LogP contribution < -0.4 is 5.19 Å². The molecule has 0 amide bonds. The van der Waals surface area contributed by atoms with Crippen molar-refractivity contribution in [1.82, 2.24) is 0 Å². The molecule has 0 fully saturated rings. The monoisotopic (exact) mass is 282 g/mol. The average Bonchev–Trinajstić information content (AvgIpc) is 2.37. The van der Waals surface area contributed by atoms with Gasteiger partial charge in [0.1, 0.15) is 0 Å². The molecule has 0 saturated carbocycles. The van der Waals surface area contributed by atoms with E-state index < -0.39 is 8.07 Å². The molecule has 0 heterocycles. The Morgan fingerprint density at radius 2 is 1.78 bits per heavy atom. The Balaban J connectivity index is 2.69. The van der Waals surface area contributed by atoms with Gasteiger partial charge in [0, 0.05) is 5.88 Å². The SMILES string of the molecule is CCCC[Si](C)(C)c1ccc(CC(C)CCl)cc1. The van der Waals surface area contributed by atoms with Crippen LogP contribution in [0.2, 0.25) is 19.1 Å². The van der Waals surface area contributed by atoms with E-state index in [0.717, 1.165) is 12.3 Å². The van der Waals surface area contributed by atoms with Crippen LogP contribution in [-0.2, 0) is 6.42 Å². The summed E-state index contributed by atoms with van der Waals surface area (Å²) >= 11 is 5.87. The Bertz CT molecular complexity index is 343. The highest BCUT2D eigenvalue weighted by molar-refractivity contribution is 6.89. The predicted molar refractivity (Wildman–Crippen MR) is 86.9 cm³/mol. The first-order chi connectivity index (χ1) is 8.49. The van der Waals surface area contributed by atoms with Crippen molar-refractivity contribution in [2.45, 2.75) is 52.2 Å². The zero-order valence-electron chi connectivity index (χ0n) is 12.3. The molecule has 1 rings (SSSR count). The highest BCUT2D eigenvalue weighted by atomic mass is 35.5. The van der Waals surface area contributed by atoms with Gasteiger partial charge < -0.3 is 0 Å². The van der Waals surface area contributed by atoms with E-state index in [1.807, 2.05) is 0 Å². The van der Waals surface area contributed by atoms with Crippen LogP contribution in [0.1, 0.15) is 32.3 Å². The van der Waals surface area contributed by atoms with Crippen LogP contribution >= 0.6 is 11.6 Å². The lowest BCUT2D eigenvalue weighted by molar-refractivity contribution is 0.655. The maximum absolute atomic E-state index is 5.87. The minimum Gasteiger partial charge on any atom is -0.126 e. The molecular weight excluding hydrogens is 256 g/mol. The molecule has 1 unspecified atom stereocenters. The Morgan fingerprint density at radius 1 is 1.17 bits per heavy atom. The molecule has 0 bridgehead atoms. The average molecular weight is 283 g/mol. The van der Waals surface area contributed by atoms with Crippen LogP contribution in [0.15, 0.2) is 24.3 Å². The predicted octanol–water partition coefficient (Wildman–Crippen LogP) is 4.82. The number of halogens is 1. The summed E-state index contributed by atoms with van der Waals surface area (Å²) in [4.78, 5) is 0. The summed E-state index contributed by atoms with van der Waals surface area (Å²) in [6.07, 6.45) is 3.77. The van der Waals surface area contributed by atoms with E-state index in [1.54, 1.807) is 5.19 Å². The maximum Gasteiger partial charge on any atom is 0.0806 e. The van der Waals surface area contributed by atoms with Gasteiger partial charge in [0.05, 0.1) is 8.07 Å². The molecule has 0 nitrogen and oxygen atoms in total. The lowest BCUT2D eigenvalue weighted by atomic mass is 10.0. The number of hydrogen-bond donors (Lipinski definition) is 0. The van der Waals surface area contributed by atoms with Crippen molar-refractivity contribution >= 4 is 24.9 Å². The minimum absolute atomic E-state index is 0.572. The van der Waals surface area contributed by atoms with Gasteiger partial charge in [-0.05, 0) is 17.9 Å². The van der Waals surface area contributed by atoms with Crippen molar-refractivity contribution in [3.63, 3.8) is 0 Å². The molecule has 0 aromatic heterocycles. The van der Waals surface area contributed by atoms with Gasteiger partial charge in [0.15, 0.2) is 0 Å². The van der Waals surface area contributed by atoms with Crippen LogP contribution in [0.25, 0.3) is 0 Å². The number of hydrogen-bond acceptors (Lipinski definition) is 0. The molecule has 0 spiro atoms. The van der Waals surface area contributed by atoms with E-state index in [0.29, 0.717) is 5.92 Å². The number of unbranched alkanes of at least 4 members (excludes halogenated alkanes) is 1. The maximum atomic E-state index is 5.87. The molecule has 0 saturated heterocycles. The van der Waals surface area contributed by atoms with Crippen LogP contribution in [0.3, 0.4) is 0 Å². The van der Waals surface area contributed by atoms with Crippen molar-refractivity contribution in [3.05, 3.63) is 29.8 Å². The Labute approximate surface area is 119 Å². The third-order valence-corrected chi connectivity index (χ3v) is 7.76. The first-order valence-corrected chi connectivity index (χ1v) is 10.9. The molecule has 1 atom stereocenters. The summed E-state index contributed by atoms with van der Waals surface area (Å²) in [7, 11) is -1.20. The fourth-order valence-corrected chi connectivity index (χ4v) is 5.02. The third kappa shape index (κ3) is 4.77. The van der Waals surface area contributed by atoms with Crippen LogP contribution in [-0.4, -0.2) is 14.0 Å². The summed E-state index contributed by atoms with van der Waals surface area (Å²) in [6, 6.07) is 10.7. The number of alkyl halides is 1.